The fourth-order valence-electron chi connectivity index (χ4n) is 4.00. The van der Waals surface area contributed by atoms with Crippen molar-refractivity contribution < 1.29 is 17.6 Å². The van der Waals surface area contributed by atoms with E-state index in [2.05, 4.69) is 10.2 Å². The van der Waals surface area contributed by atoms with Gasteiger partial charge in [-0.05, 0) is 66.9 Å². The van der Waals surface area contributed by atoms with Crippen LogP contribution in [0, 0.1) is 5.82 Å². The van der Waals surface area contributed by atoms with Gasteiger partial charge in [-0.15, -0.1) is 0 Å². The molecule has 1 fully saturated rings. The molecule has 35 heavy (non-hydrogen) atoms. The summed E-state index contributed by atoms with van der Waals surface area (Å²) in [6, 6.07) is 20.1. The third-order valence-electron chi connectivity index (χ3n) is 6.00. The molecule has 1 heterocycles. The highest BCUT2D eigenvalue weighted by Crippen LogP contribution is 2.26. The van der Waals surface area contributed by atoms with Crippen LogP contribution in [0.25, 0.3) is 0 Å². The van der Waals surface area contributed by atoms with Crippen molar-refractivity contribution in [3.63, 3.8) is 0 Å². The van der Waals surface area contributed by atoms with E-state index in [1.165, 1.54) is 45.1 Å². The minimum absolute atomic E-state index is 0.0413. The molecule has 0 atom stereocenters. The summed E-state index contributed by atoms with van der Waals surface area (Å²) in [6.07, 6.45) is 2.40. The molecule has 1 aliphatic rings. The number of hydrogen-bond acceptors (Lipinski definition) is 4. The van der Waals surface area contributed by atoms with Gasteiger partial charge in [0.25, 0.3) is 5.91 Å². The molecule has 0 bridgehead atoms. The molecular formula is C26H29FN4O3S. The first-order valence-electron chi connectivity index (χ1n) is 11.5. The van der Waals surface area contributed by atoms with Crippen molar-refractivity contribution in [2.75, 3.05) is 41.7 Å². The van der Waals surface area contributed by atoms with Gasteiger partial charge in [0.05, 0.1) is 12.2 Å². The maximum atomic E-state index is 14.4. The Morgan fingerprint density at radius 2 is 1.57 bits per heavy atom. The van der Waals surface area contributed by atoms with Crippen molar-refractivity contribution in [2.24, 2.45) is 0 Å². The van der Waals surface area contributed by atoms with Crippen LogP contribution in [0.3, 0.4) is 0 Å². The van der Waals surface area contributed by atoms with Crippen molar-refractivity contribution in [2.45, 2.75) is 19.4 Å². The van der Waals surface area contributed by atoms with Gasteiger partial charge in [0, 0.05) is 44.1 Å². The number of hydrogen-bond donors (Lipinski definition) is 1. The second-order valence-corrected chi connectivity index (χ2v) is 10.7. The van der Waals surface area contributed by atoms with Gasteiger partial charge in [0.15, 0.2) is 0 Å². The number of amides is 1. The van der Waals surface area contributed by atoms with E-state index in [4.69, 9.17) is 0 Å². The summed E-state index contributed by atoms with van der Waals surface area (Å²) < 4.78 is 42.3. The Bertz CT molecular complexity index is 1270. The minimum atomic E-state index is -3.95. The lowest BCUT2D eigenvalue weighted by Gasteiger charge is -2.27. The lowest BCUT2D eigenvalue weighted by molar-refractivity contribution is 0.102. The highest BCUT2D eigenvalue weighted by molar-refractivity contribution is 7.90. The van der Waals surface area contributed by atoms with Crippen molar-refractivity contribution in [1.82, 2.24) is 4.31 Å². The van der Waals surface area contributed by atoms with Crippen LogP contribution in [-0.4, -0.2) is 45.8 Å². The Morgan fingerprint density at radius 1 is 0.943 bits per heavy atom. The molecule has 0 spiro atoms. The summed E-state index contributed by atoms with van der Waals surface area (Å²) in [5.74, 6) is -0.901. The maximum Gasteiger partial charge on any atom is 0.303 e. The molecule has 0 aliphatic carbocycles. The summed E-state index contributed by atoms with van der Waals surface area (Å²) in [7, 11) is -1.15. The monoisotopic (exact) mass is 496 g/mol. The number of nitrogens with one attached hydrogen (secondary N) is 1. The second kappa shape index (κ2) is 10.5. The van der Waals surface area contributed by atoms with Crippen molar-refractivity contribution in [3.05, 3.63) is 89.7 Å². The van der Waals surface area contributed by atoms with Crippen LogP contribution in [-0.2, 0) is 16.8 Å². The standard InChI is InChI=1S/C26H29FN4O3S/c1-29(2)35(33,34)31(25-8-4-3-7-24(25)27)19-20-9-11-21(12-10-20)26(32)28-22-13-15-23(16-14-22)30-17-5-6-18-30/h3-4,7-16H,5-6,17-19H2,1-2H3,(H,28,32). The van der Waals surface area contributed by atoms with Gasteiger partial charge in [-0.3, -0.25) is 9.10 Å². The first kappa shape index (κ1) is 24.7. The fraction of sp³-hybridized carbons (Fsp3) is 0.269. The van der Waals surface area contributed by atoms with E-state index in [9.17, 15) is 17.6 Å². The van der Waals surface area contributed by atoms with Gasteiger partial charge in [-0.25, -0.2) is 4.39 Å². The summed E-state index contributed by atoms with van der Waals surface area (Å²) in [5.41, 5.74) is 2.86. The number of anilines is 3. The van der Waals surface area contributed by atoms with Crippen LogP contribution in [0.15, 0.2) is 72.8 Å². The highest BCUT2D eigenvalue weighted by Gasteiger charge is 2.27. The Kier molecular flexibility index (Phi) is 7.37. The molecular weight excluding hydrogens is 467 g/mol. The summed E-state index contributed by atoms with van der Waals surface area (Å²) in [4.78, 5) is 15.0. The van der Waals surface area contributed by atoms with Crippen LogP contribution in [0.2, 0.25) is 0 Å². The van der Waals surface area contributed by atoms with Crippen LogP contribution in [0.4, 0.5) is 21.5 Å². The third-order valence-corrected chi connectivity index (χ3v) is 7.81. The molecule has 1 amide bonds. The topological polar surface area (TPSA) is 73.0 Å². The minimum Gasteiger partial charge on any atom is -0.372 e. The van der Waals surface area contributed by atoms with E-state index in [0.29, 0.717) is 16.8 Å². The molecule has 4 rings (SSSR count). The normalized spacial score (nSPS) is 13.8. The van der Waals surface area contributed by atoms with Crippen LogP contribution < -0.4 is 14.5 Å². The number of halogens is 1. The van der Waals surface area contributed by atoms with Crippen LogP contribution in [0.5, 0.6) is 0 Å². The quantitative estimate of drug-likeness (QED) is 0.499. The second-order valence-electron chi connectivity index (χ2n) is 8.64. The van der Waals surface area contributed by atoms with E-state index in [-0.39, 0.29) is 18.1 Å². The maximum absolute atomic E-state index is 14.4. The predicted molar refractivity (Wildman–Crippen MR) is 137 cm³/mol. The Labute approximate surface area is 206 Å². The van der Waals surface area contributed by atoms with Crippen molar-refractivity contribution in [1.29, 1.82) is 0 Å². The van der Waals surface area contributed by atoms with Gasteiger partial charge in [0.2, 0.25) is 0 Å². The van der Waals surface area contributed by atoms with Crippen molar-refractivity contribution >= 4 is 33.2 Å². The Hall–Kier alpha value is -3.43. The third kappa shape index (κ3) is 5.63. The summed E-state index contributed by atoms with van der Waals surface area (Å²) in [6.45, 7) is 2.03. The molecule has 1 N–H and O–H groups in total. The number of carbonyl (C=O) groups is 1. The van der Waals surface area contributed by atoms with Gasteiger partial charge < -0.3 is 10.2 Å². The Balaban J connectivity index is 1.47. The van der Waals surface area contributed by atoms with E-state index < -0.39 is 16.0 Å². The molecule has 1 saturated heterocycles. The molecule has 184 valence electrons. The molecule has 0 radical (unpaired) electrons. The van der Waals surface area contributed by atoms with Gasteiger partial charge in [-0.2, -0.15) is 12.7 Å². The van der Waals surface area contributed by atoms with Gasteiger partial charge >= 0.3 is 10.2 Å². The van der Waals surface area contributed by atoms with Gasteiger partial charge in [-0.1, -0.05) is 24.3 Å². The zero-order valence-electron chi connectivity index (χ0n) is 19.8. The number of nitrogens with zero attached hydrogens (tertiary/aromatic N) is 3. The average Bonchev–Trinajstić information content (AvgIpc) is 3.39. The number of benzene rings is 3. The van der Waals surface area contributed by atoms with E-state index in [0.717, 1.165) is 27.4 Å². The number of rotatable bonds is 8. The largest absolute Gasteiger partial charge is 0.372 e. The molecule has 3 aromatic rings. The molecule has 7 nitrogen and oxygen atoms in total. The summed E-state index contributed by atoms with van der Waals surface area (Å²) >= 11 is 0. The average molecular weight is 497 g/mol. The lowest BCUT2D eigenvalue weighted by atomic mass is 10.1. The molecule has 0 aromatic heterocycles. The fourth-order valence-corrected chi connectivity index (χ4v) is 5.11. The molecule has 3 aromatic carbocycles. The molecule has 0 unspecified atom stereocenters. The first-order valence-corrected chi connectivity index (χ1v) is 12.9. The smallest absolute Gasteiger partial charge is 0.303 e. The van der Waals surface area contributed by atoms with Crippen molar-refractivity contribution in [3.8, 4) is 0 Å². The zero-order chi connectivity index (χ0) is 25.0. The highest BCUT2D eigenvalue weighted by atomic mass is 32.2. The van der Waals surface area contributed by atoms with E-state index in [1.54, 1.807) is 30.3 Å². The SMILES string of the molecule is CN(C)S(=O)(=O)N(Cc1ccc(C(=O)Nc2ccc(N3CCCC3)cc2)cc1)c1ccccc1F. The number of para-hydroxylation sites is 1. The van der Waals surface area contributed by atoms with Gasteiger partial charge in [0.1, 0.15) is 5.82 Å². The first-order chi connectivity index (χ1) is 16.8. The molecule has 0 saturated carbocycles. The predicted octanol–water partition coefficient (Wildman–Crippen LogP) is 4.49. The zero-order valence-corrected chi connectivity index (χ0v) is 20.6. The lowest BCUT2D eigenvalue weighted by Crippen LogP contribution is -2.40. The molecule has 1 aliphatic heterocycles. The van der Waals surface area contributed by atoms with E-state index in [1.807, 2.05) is 24.3 Å². The summed E-state index contributed by atoms with van der Waals surface area (Å²) in [5, 5.41) is 2.89. The van der Waals surface area contributed by atoms with Crippen LogP contribution in [0.1, 0.15) is 28.8 Å². The van der Waals surface area contributed by atoms with Crippen LogP contribution >= 0.6 is 0 Å². The van der Waals surface area contributed by atoms with E-state index >= 15 is 0 Å². The number of carbonyl (C=O) groups excluding carboxylic acids is 1. The Morgan fingerprint density at radius 3 is 2.17 bits per heavy atom. The molecule has 9 heteroatoms.